The molecule has 1 rings (SSSR count). The van der Waals surface area contributed by atoms with Gasteiger partial charge in [0.2, 0.25) is 0 Å². The van der Waals surface area contributed by atoms with Gasteiger partial charge in [-0.3, -0.25) is 0 Å². The van der Waals surface area contributed by atoms with E-state index in [0.29, 0.717) is 40.3 Å². The summed E-state index contributed by atoms with van der Waals surface area (Å²) in [5.41, 5.74) is 0. The summed E-state index contributed by atoms with van der Waals surface area (Å²) >= 11 is 0. The van der Waals surface area contributed by atoms with Gasteiger partial charge < -0.3 is 0 Å². The summed E-state index contributed by atoms with van der Waals surface area (Å²) in [5, 5.41) is 2.97. The van der Waals surface area contributed by atoms with Gasteiger partial charge in [0.1, 0.15) is 0 Å². The Balaban J connectivity index is 6.84. The molecule has 60 heavy (non-hydrogen) atoms. The molecule has 0 aliphatic carbocycles. The SMILES string of the molecule is CC(C)(C)[Si](C)(C)[Si]1([Si](C)(C)C(C)(C)C)[Si]([Si](C)(C)C(C)(C)C)([Si](C)(C)C(C)(C)C)[SiH-]([Si](C)(C)C(C)(C)C)([Si](C)(C)C(C)(C)C)[Si]1([Si](C)(C)C(C)(C)C)[Si](C)(C)C(C)(C)C. The van der Waals surface area contributed by atoms with Gasteiger partial charge in [0.15, 0.2) is 0 Å². The van der Waals surface area contributed by atoms with Crippen LogP contribution in [-0.4, -0.2) is 85.3 Å². The van der Waals surface area contributed by atoms with E-state index in [4.69, 9.17) is 0 Å². The fourth-order valence-electron chi connectivity index (χ4n) is 17.4. The Morgan fingerprint density at radius 3 is 0.450 bits per heavy atom. The first-order valence-corrected chi connectivity index (χ1v) is 70.4. The quantitative estimate of drug-likeness (QED) is 0.213. The predicted octanol–water partition coefficient (Wildman–Crippen LogP) is 18.5. The zero-order valence-electron chi connectivity index (χ0n) is 50.1. The summed E-state index contributed by atoms with van der Waals surface area (Å²) in [6.07, 6.45) is -10.1. The molecule has 362 valence electrons. The van der Waals surface area contributed by atoms with E-state index < -0.39 is 85.3 Å². The van der Waals surface area contributed by atoms with Gasteiger partial charge in [0.05, 0.1) is 0 Å². The van der Waals surface area contributed by atoms with Gasteiger partial charge in [-0.2, -0.15) is 0 Å². The molecule has 0 bridgehead atoms. The molecule has 0 aromatic carbocycles. The van der Waals surface area contributed by atoms with Crippen LogP contribution in [0, 0.1) is 0 Å². The van der Waals surface area contributed by atoms with Crippen LogP contribution < -0.4 is 0 Å². The van der Waals surface area contributed by atoms with Crippen LogP contribution in [0.5, 0.6) is 0 Å². The first kappa shape index (κ1) is 60.6. The Bertz CT molecular complexity index is 1220. The van der Waals surface area contributed by atoms with Crippen LogP contribution in [0.4, 0.5) is 0 Å². The van der Waals surface area contributed by atoms with Crippen LogP contribution in [0.25, 0.3) is 0 Å². The van der Waals surface area contributed by atoms with Crippen molar-refractivity contribution in [1.82, 2.24) is 0 Å². The molecule has 0 amide bonds. The van der Waals surface area contributed by atoms with Gasteiger partial charge in [-0.1, -0.05) is 0 Å². The second-order valence-corrected chi connectivity index (χ2v) is 188. The molecule has 1 fully saturated rings. The van der Waals surface area contributed by atoms with Gasteiger partial charge in [-0.15, -0.1) is 0 Å². The van der Waals surface area contributed by atoms with Crippen LogP contribution in [0.2, 0.25) is 145 Å². The minimum atomic E-state index is -2.98. The molecule has 1 heterocycles. The van der Waals surface area contributed by atoms with E-state index in [2.05, 4.69) is 271 Å². The zero-order valence-corrected chi connectivity index (χ0v) is 62.2. The number of hydrogen-bond donors (Lipinski definition) is 0. The van der Waals surface area contributed by atoms with Crippen LogP contribution in [-0.2, 0) is 0 Å². The average molecular weight is 1040 g/mol. The van der Waals surface area contributed by atoms with Gasteiger partial charge >= 0.3 is 397 Å². The van der Waals surface area contributed by atoms with Crippen molar-refractivity contribution in [3.05, 3.63) is 0 Å². The van der Waals surface area contributed by atoms with E-state index in [-0.39, 0.29) is 0 Å². The monoisotopic (exact) mass is 1030 g/mol. The van der Waals surface area contributed by atoms with Gasteiger partial charge in [0.25, 0.3) is 0 Å². The van der Waals surface area contributed by atoms with E-state index >= 15 is 0 Å². The predicted molar refractivity (Wildman–Crippen MR) is 322 cm³/mol. The van der Waals surface area contributed by atoms with E-state index in [9.17, 15) is 0 Å². The molecule has 12 heteroatoms. The fourth-order valence-corrected chi connectivity index (χ4v) is 1160. The van der Waals surface area contributed by atoms with Crippen LogP contribution in [0.15, 0.2) is 0 Å². The van der Waals surface area contributed by atoms with Crippen molar-refractivity contribution in [2.24, 2.45) is 0 Å². The summed E-state index contributed by atoms with van der Waals surface area (Å²) in [6, 6.07) is 0. The van der Waals surface area contributed by atoms with E-state index in [1.807, 2.05) is 0 Å². The van der Waals surface area contributed by atoms with Crippen LogP contribution in [0.3, 0.4) is 0 Å². The van der Waals surface area contributed by atoms with Gasteiger partial charge in [-0.05, 0) is 0 Å². The maximum absolute atomic E-state index is 3.29. The Morgan fingerprint density at radius 2 is 0.350 bits per heavy atom. The molecular weight excluding hydrogens is 914 g/mol. The molecule has 0 spiro atoms. The van der Waals surface area contributed by atoms with Crippen molar-refractivity contribution in [1.29, 1.82) is 0 Å². The first-order chi connectivity index (χ1) is 25.0. The second kappa shape index (κ2) is 15.1. The fraction of sp³-hybridized carbons (Fsp3) is 1.00. The van der Waals surface area contributed by atoms with Gasteiger partial charge in [-0.25, -0.2) is 0 Å². The third-order valence-electron chi connectivity index (χ3n) is 25.6. The topological polar surface area (TPSA) is 0 Å². The van der Waals surface area contributed by atoms with Crippen molar-refractivity contribution in [3.8, 4) is 0 Å². The van der Waals surface area contributed by atoms with Crippen molar-refractivity contribution in [3.63, 3.8) is 0 Å². The third-order valence-corrected chi connectivity index (χ3v) is 481. The molecule has 0 N–H and O–H groups in total. The van der Waals surface area contributed by atoms with Crippen LogP contribution >= 0.6 is 0 Å². The molecule has 0 nitrogen and oxygen atoms in total. The number of rotatable bonds is 8. The summed E-state index contributed by atoms with van der Waals surface area (Å²) < 4.78 is 0. The molecule has 0 unspecified atom stereocenters. The molecule has 1 aliphatic heterocycles. The third kappa shape index (κ3) is 6.46. The average Bonchev–Trinajstić information content (AvgIpc) is 2.86. The molecule has 0 aromatic heterocycles. The zero-order chi connectivity index (χ0) is 50.0. The second-order valence-electron chi connectivity index (χ2n) is 34.4. The van der Waals surface area contributed by atoms with Crippen molar-refractivity contribution >= 4 is 85.3 Å². The molecule has 1 aliphatic rings. The molecule has 0 atom stereocenters. The summed E-state index contributed by atoms with van der Waals surface area (Å²) in [4.78, 5) is 0. The maximum atomic E-state index is 3.29. The van der Waals surface area contributed by atoms with E-state index in [0.717, 1.165) is 0 Å². The van der Waals surface area contributed by atoms with Crippen LogP contribution in [0.1, 0.15) is 166 Å². The Morgan fingerprint density at radius 1 is 0.217 bits per heavy atom. The summed E-state index contributed by atoms with van der Waals surface area (Å²) in [6.45, 7) is 123. The molecule has 0 radical (unpaired) electrons. The van der Waals surface area contributed by atoms with Crippen molar-refractivity contribution in [2.45, 2.75) is 311 Å². The Labute approximate surface area is 393 Å². The van der Waals surface area contributed by atoms with Gasteiger partial charge in [0, 0.05) is 0 Å². The summed E-state index contributed by atoms with van der Waals surface area (Å²) in [7, 11) is -17.2. The standard InChI is InChI=1S/C48H121Si12/c1-41(2,3)49(25,26)57(50(27,28)42(4,5)6)58(51(29,30)43(7,8)9,52(31,32)44(10,11)12)60(55(37,38)47(19,20)21,56(39,40)48(22,23)24)59(57,53(33,34)45(13,14)15)54(35,36)46(16,17)18/h57H,1-40H3/q-1. The van der Waals surface area contributed by atoms with Crippen molar-refractivity contribution < 1.29 is 0 Å². The van der Waals surface area contributed by atoms with Crippen molar-refractivity contribution in [2.75, 3.05) is 0 Å². The Hall–Kier alpha value is 2.60. The van der Waals surface area contributed by atoms with E-state index in [1.54, 1.807) is 0 Å². The summed E-state index contributed by atoms with van der Waals surface area (Å²) in [5.74, 6) is 0. The van der Waals surface area contributed by atoms with E-state index in [1.165, 1.54) is 0 Å². The normalized spacial score (nSPS) is 21.7. The molecule has 0 saturated carbocycles. The molecular formula is C48H121Si12-. The molecule has 0 aromatic rings. The number of hydrogen-bond acceptors (Lipinski definition) is 0. The minimum absolute atomic E-state index is 0.368. The molecule has 1 saturated heterocycles. The first-order valence-electron chi connectivity index (χ1n) is 25.2. The Kier molecular flexibility index (Phi) is 15.2.